The first-order valence-corrected chi connectivity index (χ1v) is 7.37. The molecule has 0 aliphatic heterocycles. The lowest BCUT2D eigenvalue weighted by atomic mass is 9.72. The van der Waals surface area contributed by atoms with Gasteiger partial charge in [0, 0.05) is 5.92 Å². The molecule has 2 aromatic carbocycles. The predicted molar refractivity (Wildman–Crippen MR) is 85.4 cm³/mol. The van der Waals surface area contributed by atoms with Crippen LogP contribution in [0.2, 0.25) is 0 Å². The molecule has 2 aromatic rings. The number of carbonyl (C=O) groups excluding carboxylic acids is 1. The maximum Gasteiger partial charge on any atom is 0.337 e. The monoisotopic (exact) mass is 318 g/mol. The van der Waals surface area contributed by atoms with Crippen LogP contribution in [-0.4, -0.2) is 13.1 Å². The summed E-state index contributed by atoms with van der Waals surface area (Å²) < 4.78 is 31.5. The van der Waals surface area contributed by atoms with Gasteiger partial charge in [0.2, 0.25) is 0 Å². The molecule has 1 atom stereocenters. The second-order valence-corrected chi connectivity index (χ2v) is 6.59. The molecule has 1 unspecified atom stereocenters. The summed E-state index contributed by atoms with van der Waals surface area (Å²) in [4.78, 5) is 11.5. The highest BCUT2D eigenvalue weighted by Gasteiger charge is 2.28. The number of hydrogen-bond donors (Lipinski definition) is 0. The van der Waals surface area contributed by atoms with Crippen LogP contribution >= 0.6 is 0 Å². The Kier molecular flexibility index (Phi) is 4.83. The Morgan fingerprint density at radius 1 is 0.957 bits per heavy atom. The number of esters is 1. The van der Waals surface area contributed by atoms with Crippen molar-refractivity contribution in [2.75, 3.05) is 7.11 Å². The lowest BCUT2D eigenvalue weighted by molar-refractivity contribution is 0.0600. The van der Waals surface area contributed by atoms with Crippen molar-refractivity contribution in [2.45, 2.75) is 26.7 Å². The van der Waals surface area contributed by atoms with Gasteiger partial charge in [0.25, 0.3) is 0 Å². The molecule has 0 amide bonds. The Morgan fingerprint density at radius 2 is 1.52 bits per heavy atom. The zero-order valence-corrected chi connectivity index (χ0v) is 13.7. The molecule has 4 heteroatoms. The molecule has 0 saturated heterocycles. The van der Waals surface area contributed by atoms with Crippen molar-refractivity contribution in [3.8, 4) is 0 Å². The van der Waals surface area contributed by atoms with E-state index in [4.69, 9.17) is 0 Å². The Hall–Kier alpha value is -2.23. The lowest BCUT2D eigenvalue weighted by Gasteiger charge is -2.32. The molecule has 0 heterocycles. The Labute approximate surface area is 135 Å². The molecular weight excluding hydrogens is 298 g/mol. The molecule has 2 nitrogen and oxygen atoms in total. The van der Waals surface area contributed by atoms with Gasteiger partial charge in [-0.25, -0.2) is 13.6 Å². The standard InChI is InChI=1S/C19H20F2O2/c1-19(2,3)17(14-9-10-15(20)16(21)11-14)12-5-7-13(8-6-12)18(22)23-4/h5-11,17H,1-4H3. The quantitative estimate of drug-likeness (QED) is 0.750. The number of hydrogen-bond acceptors (Lipinski definition) is 2. The predicted octanol–water partition coefficient (Wildman–Crippen LogP) is 4.93. The van der Waals surface area contributed by atoms with Crippen molar-refractivity contribution in [1.82, 2.24) is 0 Å². The van der Waals surface area contributed by atoms with Crippen molar-refractivity contribution in [3.05, 3.63) is 70.8 Å². The third-order valence-electron chi connectivity index (χ3n) is 3.81. The van der Waals surface area contributed by atoms with E-state index in [0.29, 0.717) is 11.1 Å². The summed E-state index contributed by atoms with van der Waals surface area (Å²) in [6, 6.07) is 11.0. The highest BCUT2D eigenvalue weighted by atomic mass is 19.2. The molecule has 0 radical (unpaired) electrons. The number of methoxy groups -OCH3 is 1. The van der Waals surface area contributed by atoms with Crippen molar-refractivity contribution >= 4 is 5.97 Å². The first-order chi connectivity index (χ1) is 10.7. The van der Waals surface area contributed by atoms with Crippen LogP contribution < -0.4 is 0 Å². The normalized spacial score (nSPS) is 12.8. The number of rotatable bonds is 3. The van der Waals surface area contributed by atoms with Crippen molar-refractivity contribution < 1.29 is 18.3 Å². The van der Waals surface area contributed by atoms with E-state index in [-0.39, 0.29) is 11.3 Å². The van der Waals surface area contributed by atoms with Gasteiger partial charge in [-0.05, 0) is 40.8 Å². The molecule has 23 heavy (non-hydrogen) atoms. The van der Waals surface area contributed by atoms with Crippen molar-refractivity contribution in [2.24, 2.45) is 5.41 Å². The lowest BCUT2D eigenvalue weighted by Crippen LogP contribution is -2.20. The Morgan fingerprint density at radius 3 is 2.00 bits per heavy atom. The third-order valence-corrected chi connectivity index (χ3v) is 3.81. The van der Waals surface area contributed by atoms with Crippen LogP contribution in [0.1, 0.15) is 48.2 Å². The zero-order valence-electron chi connectivity index (χ0n) is 13.7. The fourth-order valence-corrected chi connectivity index (χ4v) is 2.81. The van der Waals surface area contributed by atoms with Crippen LogP contribution in [0.4, 0.5) is 8.78 Å². The van der Waals surface area contributed by atoms with Crippen LogP contribution in [-0.2, 0) is 4.74 Å². The summed E-state index contributed by atoms with van der Waals surface area (Å²) in [6.07, 6.45) is 0. The SMILES string of the molecule is COC(=O)c1ccc(C(c2ccc(F)c(F)c2)C(C)(C)C)cc1. The summed E-state index contributed by atoms with van der Waals surface area (Å²) in [6.45, 7) is 6.10. The summed E-state index contributed by atoms with van der Waals surface area (Å²) in [7, 11) is 1.33. The van der Waals surface area contributed by atoms with E-state index in [1.54, 1.807) is 18.2 Å². The number of halogens is 2. The van der Waals surface area contributed by atoms with Crippen LogP contribution in [0.25, 0.3) is 0 Å². The van der Waals surface area contributed by atoms with Crippen molar-refractivity contribution in [3.63, 3.8) is 0 Å². The van der Waals surface area contributed by atoms with Gasteiger partial charge in [-0.15, -0.1) is 0 Å². The highest BCUT2D eigenvalue weighted by molar-refractivity contribution is 5.89. The topological polar surface area (TPSA) is 26.3 Å². The Bertz CT molecular complexity index is 700. The first kappa shape index (κ1) is 17.1. The number of carbonyl (C=O) groups is 1. The summed E-state index contributed by atoms with van der Waals surface area (Å²) in [5.74, 6) is -2.26. The minimum atomic E-state index is -0.859. The fraction of sp³-hybridized carbons (Fsp3) is 0.316. The van der Waals surface area contributed by atoms with Gasteiger partial charge in [0.05, 0.1) is 12.7 Å². The fourth-order valence-electron chi connectivity index (χ4n) is 2.81. The molecule has 0 aliphatic carbocycles. The summed E-state index contributed by atoms with van der Waals surface area (Å²) in [5, 5.41) is 0. The van der Waals surface area contributed by atoms with E-state index in [1.165, 1.54) is 13.2 Å². The molecule has 0 aromatic heterocycles. The van der Waals surface area contributed by atoms with E-state index in [0.717, 1.165) is 11.6 Å². The highest BCUT2D eigenvalue weighted by Crippen LogP contribution is 2.40. The first-order valence-electron chi connectivity index (χ1n) is 7.37. The smallest absolute Gasteiger partial charge is 0.337 e. The van der Waals surface area contributed by atoms with Gasteiger partial charge < -0.3 is 4.74 Å². The van der Waals surface area contributed by atoms with Gasteiger partial charge in [-0.2, -0.15) is 0 Å². The maximum absolute atomic E-state index is 13.6. The number of benzene rings is 2. The van der Waals surface area contributed by atoms with Gasteiger partial charge in [-0.1, -0.05) is 39.0 Å². The zero-order chi connectivity index (χ0) is 17.2. The largest absolute Gasteiger partial charge is 0.465 e. The van der Waals surface area contributed by atoms with E-state index in [2.05, 4.69) is 4.74 Å². The van der Waals surface area contributed by atoms with Crippen LogP contribution in [0.3, 0.4) is 0 Å². The van der Waals surface area contributed by atoms with Gasteiger partial charge in [0.1, 0.15) is 0 Å². The Balaban J connectivity index is 2.47. The van der Waals surface area contributed by atoms with Crippen molar-refractivity contribution in [1.29, 1.82) is 0 Å². The van der Waals surface area contributed by atoms with Crippen LogP contribution in [0, 0.1) is 17.0 Å². The second kappa shape index (κ2) is 6.49. The summed E-state index contributed by atoms with van der Waals surface area (Å²) >= 11 is 0. The molecule has 0 fully saturated rings. The van der Waals surface area contributed by atoms with Gasteiger partial charge in [0.15, 0.2) is 11.6 Å². The third kappa shape index (κ3) is 3.76. The number of ether oxygens (including phenoxy) is 1. The van der Waals surface area contributed by atoms with E-state index >= 15 is 0 Å². The minimum Gasteiger partial charge on any atom is -0.465 e. The van der Waals surface area contributed by atoms with E-state index in [1.807, 2.05) is 32.9 Å². The average molecular weight is 318 g/mol. The van der Waals surface area contributed by atoms with Gasteiger partial charge >= 0.3 is 5.97 Å². The molecule has 0 aliphatic rings. The van der Waals surface area contributed by atoms with Crippen LogP contribution in [0.5, 0.6) is 0 Å². The molecular formula is C19H20F2O2. The van der Waals surface area contributed by atoms with Gasteiger partial charge in [-0.3, -0.25) is 0 Å². The molecule has 0 saturated carbocycles. The molecule has 0 bridgehead atoms. The molecule has 2 rings (SSSR count). The minimum absolute atomic E-state index is 0.135. The molecule has 0 N–H and O–H groups in total. The molecule has 122 valence electrons. The maximum atomic E-state index is 13.6. The molecule has 0 spiro atoms. The van der Waals surface area contributed by atoms with E-state index in [9.17, 15) is 13.6 Å². The van der Waals surface area contributed by atoms with E-state index < -0.39 is 17.6 Å². The second-order valence-electron chi connectivity index (χ2n) is 6.59. The average Bonchev–Trinajstić information content (AvgIpc) is 2.49. The summed E-state index contributed by atoms with van der Waals surface area (Å²) in [5.41, 5.74) is 1.87. The van der Waals surface area contributed by atoms with Crippen LogP contribution in [0.15, 0.2) is 42.5 Å².